The molecule has 0 atom stereocenters. The number of benzene rings is 2. The summed E-state index contributed by atoms with van der Waals surface area (Å²) in [5.41, 5.74) is 1.77. The summed E-state index contributed by atoms with van der Waals surface area (Å²) in [4.78, 5) is 11.8. The van der Waals surface area contributed by atoms with E-state index in [2.05, 4.69) is 0 Å². The van der Waals surface area contributed by atoms with Gasteiger partial charge in [0.15, 0.2) is 6.29 Å². The maximum atomic E-state index is 10.9. The predicted octanol–water partition coefficient (Wildman–Crippen LogP) is 5.10. The third-order valence-electron chi connectivity index (χ3n) is 2.42. The van der Waals surface area contributed by atoms with Gasteiger partial charge in [0.1, 0.15) is 0 Å². The van der Waals surface area contributed by atoms with E-state index in [0.717, 1.165) is 27.5 Å². The lowest BCUT2D eigenvalue weighted by Gasteiger charge is -2.07. The molecule has 0 aliphatic heterocycles. The second kappa shape index (κ2) is 6.28. The van der Waals surface area contributed by atoms with Gasteiger partial charge in [-0.25, -0.2) is 0 Å². The molecule has 1 nitrogen and oxygen atoms in total. The molecule has 0 heterocycles. The van der Waals surface area contributed by atoms with Gasteiger partial charge < -0.3 is 0 Å². The van der Waals surface area contributed by atoms with E-state index in [4.69, 9.17) is 23.2 Å². The average molecular weight is 297 g/mol. The van der Waals surface area contributed by atoms with Gasteiger partial charge in [-0.1, -0.05) is 47.5 Å². The van der Waals surface area contributed by atoms with Gasteiger partial charge in [-0.15, -0.1) is 11.8 Å². The second-order valence-electron chi connectivity index (χ2n) is 3.69. The number of carbonyl (C=O) groups excluding carboxylic acids is 1. The van der Waals surface area contributed by atoms with Crippen LogP contribution in [0.5, 0.6) is 0 Å². The molecule has 2 rings (SSSR count). The molecule has 0 aliphatic carbocycles. The number of carbonyl (C=O) groups is 1. The number of thioether (sulfide) groups is 1. The van der Waals surface area contributed by atoms with Crippen LogP contribution in [0.15, 0.2) is 47.4 Å². The zero-order valence-electron chi connectivity index (χ0n) is 9.40. The van der Waals surface area contributed by atoms with E-state index >= 15 is 0 Å². The Morgan fingerprint density at radius 1 is 1.06 bits per heavy atom. The number of hydrogen-bond acceptors (Lipinski definition) is 2. The zero-order chi connectivity index (χ0) is 13.0. The highest BCUT2D eigenvalue weighted by Gasteiger charge is 2.07. The molecule has 0 unspecified atom stereocenters. The normalized spacial score (nSPS) is 10.3. The summed E-state index contributed by atoms with van der Waals surface area (Å²) < 4.78 is 0. The van der Waals surface area contributed by atoms with E-state index < -0.39 is 0 Å². The van der Waals surface area contributed by atoms with Crippen LogP contribution in [0.3, 0.4) is 0 Å². The molecule has 0 spiro atoms. The summed E-state index contributed by atoms with van der Waals surface area (Å²) in [6.07, 6.45) is 0.829. The minimum absolute atomic E-state index is 0.610. The molecule has 0 aliphatic rings. The van der Waals surface area contributed by atoms with Crippen molar-refractivity contribution in [2.45, 2.75) is 10.6 Å². The predicted molar refractivity (Wildman–Crippen MR) is 77.9 cm³/mol. The fourth-order valence-electron chi connectivity index (χ4n) is 1.51. The number of hydrogen-bond donors (Lipinski definition) is 0. The summed E-state index contributed by atoms with van der Waals surface area (Å²) >= 11 is 13.5. The van der Waals surface area contributed by atoms with Gasteiger partial charge >= 0.3 is 0 Å². The van der Waals surface area contributed by atoms with Crippen molar-refractivity contribution in [2.24, 2.45) is 0 Å². The minimum Gasteiger partial charge on any atom is -0.298 e. The molecular weight excluding hydrogens is 287 g/mol. The summed E-state index contributed by atoms with van der Waals surface area (Å²) in [7, 11) is 0. The minimum atomic E-state index is 0.610. The van der Waals surface area contributed by atoms with E-state index in [-0.39, 0.29) is 0 Å². The first-order chi connectivity index (χ1) is 8.70. The standard InChI is InChI=1S/C14H10Cl2OS/c15-12-6-4-10(5-7-12)9-18-14-11(8-17)2-1-3-13(14)16/h1-8H,9H2. The topological polar surface area (TPSA) is 17.1 Å². The van der Waals surface area contributed by atoms with Crippen LogP contribution >= 0.6 is 35.0 Å². The van der Waals surface area contributed by atoms with Crippen molar-refractivity contribution in [3.8, 4) is 0 Å². The Bertz CT molecular complexity index is 552. The van der Waals surface area contributed by atoms with Crippen LogP contribution in [0.4, 0.5) is 0 Å². The number of rotatable bonds is 4. The van der Waals surface area contributed by atoms with Crippen molar-refractivity contribution in [1.29, 1.82) is 0 Å². The fourth-order valence-corrected chi connectivity index (χ4v) is 2.97. The molecule has 0 saturated heterocycles. The molecule has 2 aromatic carbocycles. The van der Waals surface area contributed by atoms with Gasteiger partial charge in [-0.05, 0) is 23.8 Å². The van der Waals surface area contributed by atoms with Crippen LogP contribution in [-0.2, 0) is 5.75 Å². The first-order valence-electron chi connectivity index (χ1n) is 5.31. The van der Waals surface area contributed by atoms with Crippen molar-refractivity contribution in [1.82, 2.24) is 0 Å². The van der Waals surface area contributed by atoms with Crippen molar-refractivity contribution >= 4 is 41.2 Å². The van der Waals surface area contributed by atoms with Crippen LogP contribution in [0.2, 0.25) is 10.0 Å². The molecule has 0 radical (unpaired) electrons. The molecule has 18 heavy (non-hydrogen) atoms. The molecular formula is C14H10Cl2OS. The Kier molecular flexibility index (Phi) is 4.70. The van der Waals surface area contributed by atoms with Crippen molar-refractivity contribution in [2.75, 3.05) is 0 Å². The quantitative estimate of drug-likeness (QED) is 0.577. The van der Waals surface area contributed by atoms with Crippen molar-refractivity contribution < 1.29 is 4.79 Å². The lowest BCUT2D eigenvalue weighted by Crippen LogP contribution is -1.87. The molecule has 92 valence electrons. The molecule has 2 aromatic rings. The van der Waals surface area contributed by atoms with Gasteiger partial charge in [0.2, 0.25) is 0 Å². The van der Waals surface area contributed by atoms with E-state index in [1.54, 1.807) is 30.0 Å². The second-order valence-corrected chi connectivity index (χ2v) is 5.52. The van der Waals surface area contributed by atoms with E-state index in [1.165, 1.54) is 0 Å². The van der Waals surface area contributed by atoms with Crippen LogP contribution in [0.25, 0.3) is 0 Å². The van der Waals surface area contributed by atoms with Crippen LogP contribution in [0, 0.1) is 0 Å². The molecule has 4 heteroatoms. The third-order valence-corrected chi connectivity index (χ3v) is 4.32. The molecule has 0 bridgehead atoms. The maximum absolute atomic E-state index is 10.9. The summed E-state index contributed by atoms with van der Waals surface area (Å²) in [5.74, 6) is 0.752. The summed E-state index contributed by atoms with van der Waals surface area (Å²) in [6.45, 7) is 0. The average Bonchev–Trinajstić information content (AvgIpc) is 2.39. The van der Waals surface area contributed by atoms with Crippen molar-refractivity contribution in [3.63, 3.8) is 0 Å². The summed E-state index contributed by atoms with van der Waals surface area (Å²) in [6, 6.07) is 13.0. The Morgan fingerprint density at radius 3 is 2.44 bits per heavy atom. The van der Waals surface area contributed by atoms with Gasteiger partial charge in [-0.3, -0.25) is 4.79 Å². The maximum Gasteiger partial charge on any atom is 0.151 e. The Morgan fingerprint density at radius 2 is 1.78 bits per heavy atom. The number of halogens is 2. The van der Waals surface area contributed by atoms with Crippen molar-refractivity contribution in [3.05, 3.63) is 63.6 Å². The molecule has 0 fully saturated rings. The highest BCUT2D eigenvalue weighted by atomic mass is 35.5. The van der Waals surface area contributed by atoms with Crippen LogP contribution in [0.1, 0.15) is 15.9 Å². The Hall–Kier alpha value is -0.960. The first kappa shape index (κ1) is 13.5. The highest BCUT2D eigenvalue weighted by Crippen LogP contribution is 2.32. The van der Waals surface area contributed by atoms with Gasteiger partial charge in [0.05, 0.1) is 5.02 Å². The lowest BCUT2D eigenvalue weighted by atomic mass is 10.2. The third kappa shape index (κ3) is 3.29. The monoisotopic (exact) mass is 296 g/mol. The Labute approximate surface area is 120 Å². The Balaban J connectivity index is 2.15. The summed E-state index contributed by atoms with van der Waals surface area (Å²) in [5, 5.41) is 1.33. The molecule has 0 saturated carbocycles. The van der Waals surface area contributed by atoms with E-state index in [9.17, 15) is 4.79 Å². The van der Waals surface area contributed by atoms with E-state index in [1.807, 2.05) is 24.3 Å². The van der Waals surface area contributed by atoms with Gasteiger partial charge in [-0.2, -0.15) is 0 Å². The zero-order valence-corrected chi connectivity index (χ0v) is 11.7. The lowest BCUT2D eigenvalue weighted by molar-refractivity contribution is 0.112. The largest absolute Gasteiger partial charge is 0.298 e. The number of aldehydes is 1. The smallest absolute Gasteiger partial charge is 0.151 e. The molecule has 0 aromatic heterocycles. The molecule has 0 amide bonds. The van der Waals surface area contributed by atoms with E-state index in [0.29, 0.717) is 10.6 Å². The highest BCUT2D eigenvalue weighted by molar-refractivity contribution is 7.98. The fraction of sp³-hybridized carbons (Fsp3) is 0.0714. The SMILES string of the molecule is O=Cc1cccc(Cl)c1SCc1ccc(Cl)cc1. The first-order valence-corrected chi connectivity index (χ1v) is 7.06. The van der Waals surface area contributed by atoms with Crippen LogP contribution < -0.4 is 0 Å². The van der Waals surface area contributed by atoms with Crippen LogP contribution in [-0.4, -0.2) is 6.29 Å². The molecule has 0 N–H and O–H groups in total. The van der Waals surface area contributed by atoms with Gasteiger partial charge in [0, 0.05) is 21.2 Å². The van der Waals surface area contributed by atoms with Gasteiger partial charge in [0.25, 0.3) is 0 Å².